The quantitative estimate of drug-likeness (QED) is 0.495. The van der Waals surface area contributed by atoms with Crippen LogP contribution in [0.25, 0.3) is 0 Å². The van der Waals surface area contributed by atoms with Gasteiger partial charge >= 0.3 is 148 Å². The molecule has 2 rings (SSSR count). The summed E-state index contributed by atoms with van der Waals surface area (Å²) in [6.45, 7) is 0. The van der Waals surface area contributed by atoms with Crippen molar-refractivity contribution in [3.05, 3.63) is 32.9 Å². The van der Waals surface area contributed by atoms with Gasteiger partial charge in [0, 0.05) is 0 Å². The number of hydrogen-bond acceptors (Lipinski definition) is 4. The van der Waals surface area contributed by atoms with Gasteiger partial charge in [-0.3, -0.25) is 0 Å². The molecule has 0 aromatic rings. The third kappa shape index (κ3) is 4.66. The number of halogens is 3. The second-order valence-corrected chi connectivity index (χ2v) is 8.27. The van der Waals surface area contributed by atoms with Crippen molar-refractivity contribution in [1.82, 2.24) is 4.33 Å². The molecule has 1 aliphatic heterocycles. The number of rotatable bonds is 2. The summed E-state index contributed by atoms with van der Waals surface area (Å²) in [4.78, 5) is 11.6. The van der Waals surface area contributed by atoms with Crippen LogP contribution in [0.5, 0.6) is 0 Å². The van der Waals surface area contributed by atoms with Gasteiger partial charge in [0.15, 0.2) is 0 Å². The first-order valence-corrected chi connectivity index (χ1v) is 9.65. The molecule has 4 nitrogen and oxygen atoms in total. The third-order valence-electron chi connectivity index (χ3n) is 3.89. The number of nitrogens with one attached hydrogen (secondary N) is 1. The molecule has 0 atom stereocenters. The van der Waals surface area contributed by atoms with E-state index in [1.54, 1.807) is 18.4 Å². The molecule has 1 saturated carbocycles. The van der Waals surface area contributed by atoms with E-state index in [0.717, 1.165) is 4.48 Å². The first-order chi connectivity index (χ1) is 10.8. The van der Waals surface area contributed by atoms with Crippen LogP contribution in [0, 0.1) is 0 Å². The summed E-state index contributed by atoms with van der Waals surface area (Å²) in [5, 5.41) is 10.8. The molecular weight excluding hydrogens is 439 g/mol. The van der Waals surface area contributed by atoms with E-state index in [1.807, 2.05) is 0 Å². The molecule has 0 aromatic heterocycles. The molecule has 0 spiro atoms. The maximum absolute atomic E-state index is 13.4. The average molecular weight is 457 g/mol. The molecule has 128 valence electrons. The fourth-order valence-electron chi connectivity index (χ4n) is 2.51. The van der Waals surface area contributed by atoms with Crippen LogP contribution in [0.3, 0.4) is 0 Å². The van der Waals surface area contributed by atoms with Gasteiger partial charge in [0.05, 0.1) is 0 Å². The van der Waals surface area contributed by atoms with Crippen LogP contribution in [0.15, 0.2) is 32.9 Å². The SMILES string of the molecule is COC(=O)C1=C/C/C(Br)=C(/C2(O)CCC(F)(F)CC2)[Se]N/C=C\1. The van der Waals surface area contributed by atoms with Gasteiger partial charge in [0.2, 0.25) is 0 Å². The van der Waals surface area contributed by atoms with E-state index < -0.39 is 17.5 Å². The fourth-order valence-corrected chi connectivity index (χ4v) is 5.22. The third-order valence-corrected chi connectivity index (χ3v) is 7.48. The molecule has 0 radical (unpaired) electrons. The van der Waals surface area contributed by atoms with Gasteiger partial charge in [0.25, 0.3) is 0 Å². The van der Waals surface area contributed by atoms with Gasteiger partial charge in [0.1, 0.15) is 0 Å². The summed E-state index contributed by atoms with van der Waals surface area (Å²) in [7, 11) is 1.31. The van der Waals surface area contributed by atoms with Gasteiger partial charge in [-0.1, -0.05) is 0 Å². The van der Waals surface area contributed by atoms with Crippen LogP contribution < -0.4 is 4.33 Å². The summed E-state index contributed by atoms with van der Waals surface area (Å²) >= 11 is 3.15. The topological polar surface area (TPSA) is 58.6 Å². The minimum atomic E-state index is -2.70. The summed E-state index contributed by atoms with van der Waals surface area (Å²) < 4.78 is 36.0. The number of ether oxygens (including phenoxy) is 1. The molecule has 23 heavy (non-hydrogen) atoms. The van der Waals surface area contributed by atoms with Crippen molar-refractivity contribution < 1.29 is 23.4 Å². The number of aliphatic hydroxyl groups is 1. The molecule has 2 aliphatic rings. The fraction of sp³-hybridized carbons (Fsp3) is 0.533. The number of carbonyl (C=O) groups excluding carboxylic acids is 1. The van der Waals surface area contributed by atoms with Gasteiger partial charge in [-0.2, -0.15) is 0 Å². The van der Waals surface area contributed by atoms with E-state index in [-0.39, 0.29) is 40.9 Å². The van der Waals surface area contributed by atoms with E-state index in [0.29, 0.717) is 16.5 Å². The van der Waals surface area contributed by atoms with E-state index in [4.69, 9.17) is 4.74 Å². The first kappa shape index (κ1) is 18.6. The van der Waals surface area contributed by atoms with Gasteiger partial charge < -0.3 is 0 Å². The van der Waals surface area contributed by atoms with Crippen molar-refractivity contribution in [3.8, 4) is 0 Å². The van der Waals surface area contributed by atoms with Crippen LogP contribution in [0.1, 0.15) is 32.1 Å². The zero-order chi connectivity index (χ0) is 17.1. The van der Waals surface area contributed by atoms with Gasteiger partial charge in [-0.15, -0.1) is 0 Å². The molecule has 8 heteroatoms. The van der Waals surface area contributed by atoms with Crippen molar-refractivity contribution in [3.63, 3.8) is 0 Å². The van der Waals surface area contributed by atoms with E-state index in [9.17, 15) is 18.7 Å². The molecule has 1 fully saturated rings. The second kappa shape index (κ2) is 7.47. The average Bonchev–Trinajstić information content (AvgIpc) is 2.61. The molecule has 1 heterocycles. The molecule has 0 bridgehead atoms. The Morgan fingerprint density at radius 2 is 2.04 bits per heavy atom. The number of esters is 1. The monoisotopic (exact) mass is 457 g/mol. The van der Waals surface area contributed by atoms with Crippen LogP contribution in [-0.2, 0) is 9.53 Å². The number of hydrogen-bond donors (Lipinski definition) is 2. The second-order valence-electron chi connectivity index (χ2n) is 5.53. The predicted molar refractivity (Wildman–Crippen MR) is 87.1 cm³/mol. The Hall–Kier alpha value is -0.691. The van der Waals surface area contributed by atoms with Crippen LogP contribution in [0.4, 0.5) is 8.78 Å². The van der Waals surface area contributed by atoms with E-state index in [1.165, 1.54) is 7.11 Å². The Balaban J connectivity index is 2.24. The molecule has 1 aliphatic carbocycles. The van der Waals surface area contributed by atoms with Crippen LogP contribution in [-0.4, -0.2) is 44.9 Å². The predicted octanol–water partition coefficient (Wildman–Crippen LogP) is 2.76. The maximum atomic E-state index is 13.4. The van der Waals surface area contributed by atoms with Crippen LogP contribution in [0.2, 0.25) is 0 Å². The standard InChI is InChI=1S/C15H18BrF2NO3Se/c1-22-13(20)10-2-3-11(16)12(23-19-9-4-10)14(21)5-7-15(17,18)8-6-14/h2,4,9,19,21H,3,5-8H2,1H3/b9-4-,10-2+,12-11+. The molecule has 0 aromatic carbocycles. The Morgan fingerprint density at radius 3 is 2.65 bits per heavy atom. The van der Waals surface area contributed by atoms with E-state index in [2.05, 4.69) is 20.3 Å². The summed E-state index contributed by atoms with van der Waals surface area (Å²) in [5.41, 5.74) is -0.832. The van der Waals surface area contributed by atoms with Crippen molar-refractivity contribution in [2.75, 3.05) is 7.11 Å². The van der Waals surface area contributed by atoms with Gasteiger partial charge in [-0.05, 0) is 0 Å². The summed E-state index contributed by atoms with van der Waals surface area (Å²) in [5.74, 6) is -3.15. The number of carbonyl (C=O) groups is 1. The Labute approximate surface area is 148 Å². The Bertz CT molecular complexity index is 565. The molecule has 0 unspecified atom stereocenters. The first-order valence-electron chi connectivity index (χ1n) is 7.14. The van der Waals surface area contributed by atoms with Crippen molar-refractivity contribution in [2.24, 2.45) is 0 Å². The number of methoxy groups -OCH3 is 1. The van der Waals surface area contributed by atoms with E-state index >= 15 is 0 Å². The normalized spacial score (nSPS) is 30.7. The van der Waals surface area contributed by atoms with Gasteiger partial charge in [-0.25, -0.2) is 0 Å². The van der Waals surface area contributed by atoms with Crippen molar-refractivity contribution >= 4 is 37.1 Å². The molecule has 0 saturated heterocycles. The Kier molecular flexibility index (Phi) is 6.05. The Morgan fingerprint density at radius 1 is 1.39 bits per heavy atom. The van der Waals surface area contributed by atoms with Crippen molar-refractivity contribution in [1.29, 1.82) is 0 Å². The summed E-state index contributed by atoms with van der Waals surface area (Å²) in [6.07, 6.45) is 4.74. The zero-order valence-corrected chi connectivity index (χ0v) is 15.9. The number of allylic oxidation sites excluding steroid dienone is 2. The van der Waals surface area contributed by atoms with Crippen molar-refractivity contribution in [2.45, 2.75) is 43.6 Å². The zero-order valence-electron chi connectivity index (χ0n) is 12.6. The molecular formula is C15H18BrF2NO3Se. The minimum absolute atomic E-state index is 0.0329. The summed E-state index contributed by atoms with van der Waals surface area (Å²) in [6, 6.07) is 0. The molecule has 2 N–H and O–H groups in total. The number of alkyl halides is 2. The molecule has 0 amide bonds. The van der Waals surface area contributed by atoms with Crippen LogP contribution >= 0.6 is 15.9 Å².